The van der Waals surface area contributed by atoms with E-state index in [2.05, 4.69) is 9.97 Å². The Morgan fingerprint density at radius 3 is 2.71 bits per heavy atom. The lowest BCUT2D eigenvalue weighted by Crippen LogP contribution is -2.26. The van der Waals surface area contributed by atoms with Crippen molar-refractivity contribution in [2.24, 2.45) is 0 Å². The van der Waals surface area contributed by atoms with Gasteiger partial charge in [0.05, 0.1) is 23.4 Å². The second-order valence-electron chi connectivity index (χ2n) is 7.96. The van der Waals surface area contributed by atoms with Gasteiger partial charge in [-0.1, -0.05) is 48.5 Å². The van der Waals surface area contributed by atoms with E-state index in [-0.39, 0.29) is 12.2 Å². The van der Waals surface area contributed by atoms with E-state index >= 15 is 0 Å². The van der Waals surface area contributed by atoms with Gasteiger partial charge in [0.25, 0.3) is 5.56 Å². The predicted molar refractivity (Wildman–Crippen MR) is 138 cm³/mol. The van der Waals surface area contributed by atoms with Gasteiger partial charge in [0, 0.05) is 39.2 Å². The van der Waals surface area contributed by atoms with Crippen LogP contribution in [0, 0.1) is 0 Å². The maximum absolute atomic E-state index is 13.5. The minimum absolute atomic E-state index is 0.207. The Morgan fingerprint density at radius 2 is 1.91 bits per heavy atom. The van der Waals surface area contributed by atoms with Crippen LogP contribution in [-0.2, 0) is 4.74 Å². The molecule has 0 saturated heterocycles. The van der Waals surface area contributed by atoms with Gasteiger partial charge in [0.1, 0.15) is 15.9 Å². The number of pyridine rings is 1. The summed E-state index contributed by atoms with van der Waals surface area (Å²) in [4.78, 5) is 39.6. The minimum Gasteiger partial charge on any atom is -0.462 e. The molecule has 0 amide bonds. The van der Waals surface area contributed by atoms with E-state index in [4.69, 9.17) is 15.6 Å². The van der Waals surface area contributed by atoms with Crippen molar-refractivity contribution >= 4 is 48.6 Å². The summed E-state index contributed by atoms with van der Waals surface area (Å²) in [5.41, 5.74) is 3.99. The number of carbonyl (C=O) groups excluding carboxylic acids is 1. The summed E-state index contributed by atoms with van der Waals surface area (Å²) in [6.07, 6.45) is 3.15. The first-order valence-electron chi connectivity index (χ1n) is 11.0. The molecule has 0 fully saturated rings. The van der Waals surface area contributed by atoms with E-state index in [1.54, 1.807) is 6.92 Å². The molecule has 0 atom stereocenters. The number of ether oxygens (including phenoxy) is 1. The predicted octanol–water partition coefficient (Wildman–Crippen LogP) is 4.71. The summed E-state index contributed by atoms with van der Waals surface area (Å²) >= 11 is 1.21. The van der Waals surface area contributed by atoms with Crippen LogP contribution in [0.4, 0.5) is 0 Å². The van der Waals surface area contributed by atoms with Gasteiger partial charge in [0.15, 0.2) is 0 Å². The molecule has 2 aromatic carbocycles. The van der Waals surface area contributed by atoms with Crippen molar-refractivity contribution in [2.45, 2.75) is 6.92 Å². The number of thiophene rings is 1. The third-order valence-electron chi connectivity index (χ3n) is 5.94. The van der Waals surface area contributed by atoms with Gasteiger partial charge in [-0.2, -0.15) is 0 Å². The fourth-order valence-electron chi connectivity index (χ4n) is 4.43. The lowest BCUT2D eigenvalue weighted by molar-refractivity contribution is 0.0528. The van der Waals surface area contributed by atoms with Gasteiger partial charge in [-0.15, -0.1) is 11.3 Å². The number of nitrogens with two attached hydrogens (primary N) is 1. The molecule has 0 spiro atoms. The highest BCUT2D eigenvalue weighted by Crippen LogP contribution is 2.44. The number of nitrogens with one attached hydrogen (secondary N) is 1. The molecule has 0 aliphatic carbocycles. The fourth-order valence-corrected chi connectivity index (χ4v) is 5.50. The Bertz CT molecular complexity index is 1820. The molecule has 3 N–H and O–H groups in total. The van der Waals surface area contributed by atoms with Crippen molar-refractivity contribution in [3.8, 4) is 22.4 Å². The number of nitrogen functional groups attached to an aromatic ring is 1. The van der Waals surface area contributed by atoms with Gasteiger partial charge >= 0.3 is 5.97 Å². The standard InChI is InChI=1S/C26H19N5O3S/c1-2-34-26(33)20-18(16-12-28-17-11-7-6-10-15(16)17)19-22-23(25(32)31(27)13-29-22)35-24(19)30-21(20)14-8-4-3-5-9-14/h3-13,28H,2,27H2,1H3. The molecule has 35 heavy (non-hydrogen) atoms. The van der Waals surface area contributed by atoms with Gasteiger partial charge in [-0.3, -0.25) is 4.79 Å². The summed E-state index contributed by atoms with van der Waals surface area (Å²) in [5.74, 6) is 5.31. The molecule has 0 aliphatic rings. The monoisotopic (exact) mass is 481 g/mol. The fraction of sp³-hybridized carbons (Fsp3) is 0.0769. The Labute approximate surface area is 202 Å². The van der Waals surface area contributed by atoms with Crippen LogP contribution in [0.5, 0.6) is 0 Å². The average molecular weight is 482 g/mol. The highest BCUT2D eigenvalue weighted by atomic mass is 32.1. The SMILES string of the molecule is CCOC(=O)c1c(-c2ccccc2)nc2sc3c(=O)n(N)cnc3c2c1-c1c[nH]c2ccccc12. The number of carbonyl (C=O) groups is 1. The smallest absolute Gasteiger partial charge is 0.341 e. The summed E-state index contributed by atoms with van der Waals surface area (Å²) in [6, 6.07) is 17.3. The molecule has 0 saturated carbocycles. The largest absolute Gasteiger partial charge is 0.462 e. The average Bonchev–Trinajstić information content (AvgIpc) is 3.48. The molecular weight excluding hydrogens is 462 g/mol. The maximum atomic E-state index is 13.5. The normalized spacial score (nSPS) is 11.5. The summed E-state index contributed by atoms with van der Waals surface area (Å²) in [6.45, 7) is 1.97. The van der Waals surface area contributed by atoms with Gasteiger partial charge < -0.3 is 15.6 Å². The number of aromatic amines is 1. The minimum atomic E-state index is -0.493. The first-order chi connectivity index (χ1) is 17.1. The topological polar surface area (TPSA) is 116 Å². The van der Waals surface area contributed by atoms with Crippen molar-refractivity contribution in [1.82, 2.24) is 19.6 Å². The van der Waals surface area contributed by atoms with Crippen molar-refractivity contribution in [3.63, 3.8) is 0 Å². The number of hydrogen-bond donors (Lipinski definition) is 2. The van der Waals surface area contributed by atoms with E-state index in [0.29, 0.717) is 37.3 Å². The Hall–Kier alpha value is -4.50. The molecule has 0 aliphatic heterocycles. The first-order valence-corrected chi connectivity index (χ1v) is 11.8. The number of hydrogen-bond acceptors (Lipinski definition) is 7. The molecule has 6 aromatic rings. The molecule has 0 radical (unpaired) electrons. The number of benzene rings is 2. The Kier molecular flexibility index (Phi) is 4.85. The number of esters is 1. The quantitative estimate of drug-likeness (QED) is 0.278. The second-order valence-corrected chi connectivity index (χ2v) is 8.96. The zero-order chi connectivity index (χ0) is 24.1. The maximum Gasteiger partial charge on any atom is 0.341 e. The van der Waals surface area contributed by atoms with E-state index in [1.807, 2.05) is 60.8 Å². The molecule has 8 nitrogen and oxygen atoms in total. The van der Waals surface area contributed by atoms with Crippen molar-refractivity contribution in [2.75, 3.05) is 12.4 Å². The molecule has 0 bridgehead atoms. The van der Waals surface area contributed by atoms with Crippen LogP contribution >= 0.6 is 11.3 Å². The number of fused-ring (bicyclic) bond motifs is 4. The van der Waals surface area contributed by atoms with Crippen molar-refractivity contribution in [3.05, 3.63) is 83.0 Å². The number of para-hydroxylation sites is 1. The third kappa shape index (κ3) is 3.20. The van der Waals surface area contributed by atoms with Crippen LogP contribution < -0.4 is 11.4 Å². The van der Waals surface area contributed by atoms with Crippen LogP contribution in [0.1, 0.15) is 17.3 Å². The van der Waals surface area contributed by atoms with E-state index in [9.17, 15) is 9.59 Å². The summed E-state index contributed by atoms with van der Waals surface area (Å²) < 4.78 is 6.85. The van der Waals surface area contributed by atoms with E-state index in [1.165, 1.54) is 17.7 Å². The molecule has 6 rings (SSSR count). The number of aromatic nitrogens is 4. The lowest BCUT2D eigenvalue weighted by Gasteiger charge is -2.15. The summed E-state index contributed by atoms with van der Waals surface area (Å²) in [5, 5.41) is 1.55. The van der Waals surface area contributed by atoms with Crippen LogP contribution in [0.25, 0.3) is 53.7 Å². The second kappa shape index (κ2) is 8.07. The molecule has 4 aromatic heterocycles. The zero-order valence-corrected chi connectivity index (χ0v) is 19.4. The van der Waals surface area contributed by atoms with E-state index < -0.39 is 5.97 Å². The molecule has 9 heteroatoms. The van der Waals surface area contributed by atoms with Gasteiger partial charge in [0.2, 0.25) is 0 Å². The summed E-state index contributed by atoms with van der Waals surface area (Å²) in [7, 11) is 0. The zero-order valence-electron chi connectivity index (χ0n) is 18.6. The number of rotatable bonds is 4. The number of nitrogens with zero attached hydrogens (tertiary/aromatic N) is 3. The highest BCUT2D eigenvalue weighted by molar-refractivity contribution is 7.25. The molecular formula is C26H19N5O3S. The number of H-pyrrole nitrogens is 1. The Morgan fingerprint density at radius 1 is 1.14 bits per heavy atom. The third-order valence-corrected chi connectivity index (χ3v) is 7.00. The van der Waals surface area contributed by atoms with Crippen LogP contribution in [0.2, 0.25) is 0 Å². The van der Waals surface area contributed by atoms with Crippen LogP contribution in [0.15, 0.2) is 71.9 Å². The molecule has 4 heterocycles. The van der Waals surface area contributed by atoms with Gasteiger partial charge in [-0.05, 0) is 13.0 Å². The Balaban J connectivity index is 1.87. The van der Waals surface area contributed by atoms with E-state index in [0.717, 1.165) is 26.7 Å². The van der Waals surface area contributed by atoms with Crippen molar-refractivity contribution < 1.29 is 9.53 Å². The highest BCUT2D eigenvalue weighted by Gasteiger charge is 2.29. The van der Waals surface area contributed by atoms with Crippen LogP contribution in [-0.4, -0.2) is 32.2 Å². The van der Waals surface area contributed by atoms with Crippen LogP contribution in [0.3, 0.4) is 0 Å². The molecule has 0 unspecified atom stereocenters. The van der Waals surface area contributed by atoms with Crippen molar-refractivity contribution in [1.29, 1.82) is 0 Å². The first kappa shape index (κ1) is 21.1. The molecule has 172 valence electrons. The lowest BCUT2D eigenvalue weighted by atomic mass is 9.93. The van der Waals surface area contributed by atoms with Gasteiger partial charge in [-0.25, -0.2) is 19.4 Å².